The highest BCUT2D eigenvalue weighted by Crippen LogP contribution is 2.31. The summed E-state index contributed by atoms with van der Waals surface area (Å²) in [7, 11) is 0. The summed E-state index contributed by atoms with van der Waals surface area (Å²) in [5.74, 6) is 0.212. The van der Waals surface area contributed by atoms with Gasteiger partial charge in [-0.2, -0.15) is 0 Å². The lowest BCUT2D eigenvalue weighted by atomic mass is 10.1. The second-order valence-corrected chi connectivity index (χ2v) is 3.70. The number of hydrogen-bond acceptors (Lipinski definition) is 3. The molecule has 0 spiro atoms. The Morgan fingerprint density at radius 2 is 1.75 bits per heavy atom. The Morgan fingerprint density at radius 1 is 1.06 bits per heavy atom. The Labute approximate surface area is 96.9 Å². The van der Waals surface area contributed by atoms with Crippen molar-refractivity contribution in [2.24, 2.45) is 0 Å². The van der Waals surface area contributed by atoms with E-state index in [9.17, 15) is 4.39 Å². The fraction of sp³-hybridized carbons (Fsp3) is 0. The molecular formula is C11H9ClFN3. The Balaban J connectivity index is 2.59. The van der Waals surface area contributed by atoms with Gasteiger partial charge in [0, 0.05) is 11.1 Å². The van der Waals surface area contributed by atoms with Gasteiger partial charge in [-0.25, -0.2) is 9.37 Å². The van der Waals surface area contributed by atoms with E-state index in [-0.39, 0.29) is 5.82 Å². The minimum Gasteiger partial charge on any atom is -0.384 e. The molecule has 3 nitrogen and oxygen atoms in total. The zero-order chi connectivity index (χ0) is 11.7. The van der Waals surface area contributed by atoms with Crippen LogP contribution in [0.5, 0.6) is 0 Å². The molecule has 0 saturated carbocycles. The van der Waals surface area contributed by atoms with E-state index in [1.165, 1.54) is 12.1 Å². The number of nitrogens with zero attached hydrogens (tertiary/aromatic N) is 1. The van der Waals surface area contributed by atoms with Gasteiger partial charge in [0.1, 0.15) is 17.5 Å². The van der Waals surface area contributed by atoms with Crippen molar-refractivity contribution in [2.75, 3.05) is 11.5 Å². The van der Waals surface area contributed by atoms with Gasteiger partial charge in [-0.3, -0.25) is 0 Å². The number of rotatable bonds is 1. The number of nitrogen functional groups attached to an aromatic ring is 2. The maximum absolute atomic E-state index is 12.9. The summed E-state index contributed by atoms with van der Waals surface area (Å²) < 4.78 is 12.9. The molecule has 16 heavy (non-hydrogen) atoms. The number of halogens is 2. The highest BCUT2D eigenvalue weighted by molar-refractivity contribution is 6.33. The van der Waals surface area contributed by atoms with Crippen LogP contribution in [0, 0.1) is 5.82 Å². The molecule has 82 valence electrons. The lowest BCUT2D eigenvalue weighted by Crippen LogP contribution is -1.98. The van der Waals surface area contributed by atoms with Gasteiger partial charge in [-0.15, -0.1) is 0 Å². The first-order valence-corrected chi connectivity index (χ1v) is 4.93. The number of aromatic nitrogens is 1. The van der Waals surface area contributed by atoms with Crippen molar-refractivity contribution in [3.05, 3.63) is 41.2 Å². The van der Waals surface area contributed by atoms with E-state index in [4.69, 9.17) is 23.1 Å². The summed E-state index contributed by atoms with van der Waals surface area (Å²) >= 11 is 5.92. The van der Waals surface area contributed by atoms with Gasteiger partial charge in [0.05, 0.1) is 5.02 Å². The third kappa shape index (κ3) is 1.92. The number of benzene rings is 1. The first kappa shape index (κ1) is 10.7. The Morgan fingerprint density at radius 3 is 2.38 bits per heavy atom. The van der Waals surface area contributed by atoms with Gasteiger partial charge < -0.3 is 11.5 Å². The summed E-state index contributed by atoms with van der Waals surface area (Å²) in [4.78, 5) is 3.92. The lowest BCUT2D eigenvalue weighted by Gasteiger charge is -2.07. The zero-order valence-corrected chi connectivity index (χ0v) is 9.00. The Hall–Kier alpha value is -1.81. The fourth-order valence-corrected chi connectivity index (χ4v) is 1.70. The van der Waals surface area contributed by atoms with E-state index in [1.54, 1.807) is 18.2 Å². The Kier molecular flexibility index (Phi) is 2.66. The first-order valence-electron chi connectivity index (χ1n) is 4.55. The molecule has 0 bridgehead atoms. The van der Waals surface area contributed by atoms with E-state index >= 15 is 0 Å². The molecule has 5 heteroatoms. The highest BCUT2D eigenvalue weighted by Gasteiger charge is 2.08. The van der Waals surface area contributed by atoms with Crippen LogP contribution < -0.4 is 11.5 Å². The minimum absolute atomic E-state index is 0.272. The fourth-order valence-electron chi connectivity index (χ4n) is 1.43. The monoisotopic (exact) mass is 237 g/mol. The average Bonchev–Trinajstić information content (AvgIpc) is 2.19. The van der Waals surface area contributed by atoms with Crippen molar-refractivity contribution in [1.82, 2.24) is 4.98 Å². The van der Waals surface area contributed by atoms with Crippen LogP contribution in [0.1, 0.15) is 0 Å². The SMILES string of the molecule is Nc1ccc(-c2ccc(F)cc2Cl)c(N)n1. The molecule has 0 amide bonds. The van der Waals surface area contributed by atoms with E-state index < -0.39 is 5.82 Å². The van der Waals surface area contributed by atoms with Crippen LogP contribution in [0.4, 0.5) is 16.0 Å². The third-order valence-corrected chi connectivity index (χ3v) is 2.48. The lowest BCUT2D eigenvalue weighted by molar-refractivity contribution is 0.628. The number of anilines is 2. The van der Waals surface area contributed by atoms with Crippen LogP contribution in [0.15, 0.2) is 30.3 Å². The summed E-state index contributed by atoms with van der Waals surface area (Å²) in [5, 5.41) is 0.290. The van der Waals surface area contributed by atoms with Crippen molar-refractivity contribution in [2.45, 2.75) is 0 Å². The van der Waals surface area contributed by atoms with Crippen molar-refractivity contribution in [3.63, 3.8) is 0 Å². The molecule has 2 aromatic rings. The third-order valence-electron chi connectivity index (χ3n) is 2.17. The number of nitrogens with two attached hydrogens (primary N) is 2. The van der Waals surface area contributed by atoms with Gasteiger partial charge >= 0.3 is 0 Å². The molecule has 1 aromatic carbocycles. The van der Waals surface area contributed by atoms with Crippen LogP contribution in [0.3, 0.4) is 0 Å². The molecule has 0 fully saturated rings. The van der Waals surface area contributed by atoms with E-state index in [0.717, 1.165) is 0 Å². The highest BCUT2D eigenvalue weighted by atomic mass is 35.5. The quantitative estimate of drug-likeness (QED) is 0.802. The molecule has 1 heterocycles. The predicted molar refractivity (Wildman–Crippen MR) is 63.5 cm³/mol. The molecule has 1 aromatic heterocycles. The maximum atomic E-state index is 12.9. The van der Waals surface area contributed by atoms with Crippen molar-refractivity contribution >= 4 is 23.2 Å². The molecule has 0 saturated heterocycles. The molecule has 0 aliphatic rings. The van der Waals surface area contributed by atoms with Crippen LogP contribution in [0.2, 0.25) is 5.02 Å². The standard InChI is InChI=1S/C11H9ClFN3/c12-9-5-6(13)1-2-7(9)8-3-4-10(14)16-11(8)15/h1-5H,(H4,14,15,16). The second-order valence-electron chi connectivity index (χ2n) is 3.29. The van der Waals surface area contributed by atoms with E-state index in [2.05, 4.69) is 4.98 Å². The van der Waals surface area contributed by atoms with Gasteiger partial charge in [0.15, 0.2) is 0 Å². The largest absolute Gasteiger partial charge is 0.384 e. The summed E-state index contributed by atoms with van der Waals surface area (Å²) in [6.07, 6.45) is 0. The smallest absolute Gasteiger partial charge is 0.133 e. The van der Waals surface area contributed by atoms with Crippen LogP contribution in [0.25, 0.3) is 11.1 Å². The summed E-state index contributed by atoms with van der Waals surface area (Å²) in [6.45, 7) is 0. The van der Waals surface area contributed by atoms with Crippen LogP contribution in [-0.2, 0) is 0 Å². The van der Waals surface area contributed by atoms with Crippen molar-refractivity contribution in [3.8, 4) is 11.1 Å². The van der Waals surface area contributed by atoms with Crippen molar-refractivity contribution in [1.29, 1.82) is 0 Å². The molecular weight excluding hydrogens is 229 g/mol. The number of hydrogen-bond donors (Lipinski definition) is 2. The molecule has 0 aliphatic carbocycles. The summed E-state index contributed by atoms with van der Waals surface area (Å²) in [6, 6.07) is 7.42. The van der Waals surface area contributed by atoms with Gasteiger partial charge in [0.25, 0.3) is 0 Å². The first-order chi connectivity index (χ1) is 7.58. The normalized spacial score (nSPS) is 10.4. The molecule has 0 aliphatic heterocycles. The van der Waals surface area contributed by atoms with E-state index in [0.29, 0.717) is 22.0 Å². The second kappa shape index (κ2) is 3.98. The maximum Gasteiger partial charge on any atom is 0.133 e. The number of pyridine rings is 1. The zero-order valence-electron chi connectivity index (χ0n) is 8.24. The molecule has 0 radical (unpaired) electrons. The van der Waals surface area contributed by atoms with Gasteiger partial charge in [-0.05, 0) is 30.3 Å². The molecule has 4 N–H and O–H groups in total. The van der Waals surface area contributed by atoms with Crippen molar-refractivity contribution < 1.29 is 4.39 Å². The summed E-state index contributed by atoms with van der Waals surface area (Å²) in [5.41, 5.74) is 12.5. The molecule has 2 rings (SSSR count). The predicted octanol–water partition coefficient (Wildman–Crippen LogP) is 2.71. The topological polar surface area (TPSA) is 64.9 Å². The average molecular weight is 238 g/mol. The molecule has 0 atom stereocenters. The van der Waals surface area contributed by atoms with Crippen LogP contribution >= 0.6 is 11.6 Å². The van der Waals surface area contributed by atoms with Gasteiger partial charge in [-0.1, -0.05) is 11.6 Å². The van der Waals surface area contributed by atoms with E-state index in [1.807, 2.05) is 0 Å². The van der Waals surface area contributed by atoms with Gasteiger partial charge in [0.2, 0.25) is 0 Å². The Bertz CT molecular complexity index is 493. The molecule has 0 unspecified atom stereocenters. The van der Waals surface area contributed by atoms with Crippen LogP contribution in [-0.4, -0.2) is 4.98 Å². The minimum atomic E-state index is -0.393.